The van der Waals surface area contributed by atoms with Crippen LogP contribution in [0.2, 0.25) is 0 Å². The summed E-state index contributed by atoms with van der Waals surface area (Å²) >= 11 is 1.32. The molecule has 1 aromatic heterocycles. The quantitative estimate of drug-likeness (QED) is 0.810. The minimum Gasteiger partial charge on any atom is -0.386 e. The fourth-order valence-corrected chi connectivity index (χ4v) is 4.14. The highest BCUT2D eigenvalue weighted by Gasteiger charge is 2.30. The van der Waals surface area contributed by atoms with Crippen molar-refractivity contribution in [2.75, 3.05) is 6.54 Å². The van der Waals surface area contributed by atoms with E-state index in [-0.39, 0.29) is 12.1 Å². The number of benzene rings is 1. The summed E-state index contributed by atoms with van der Waals surface area (Å²) in [4.78, 5) is 0.673. The molecule has 0 aliphatic heterocycles. The van der Waals surface area contributed by atoms with Crippen molar-refractivity contribution < 1.29 is 26.7 Å². The Morgan fingerprint density at radius 2 is 1.83 bits per heavy atom. The maximum Gasteiger partial charge on any atom is 0.416 e. The fourth-order valence-electron chi connectivity index (χ4n) is 2.08. The van der Waals surface area contributed by atoms with Gasteiger partial charge in [0.05, 0.1) is 11.3 Å². The Balaban J connectivity index is 1.97. The Morgan fingerprint density at radius 3 is 2.33 bits per heavy atom. The number of thiophene rings is 1. The summed E-state index contributed by atoms with van der Waals surface area (Å²) in [5.74, 6) is -0.457. The van der Waals surface area contributed by atoms with Crippen LogP contribution in [0.1, 0.15) is 27.7 Å². The number of hydrogen-bond donors (Lipinski definition) is 2. The SMILES string of the molecule is Cc1ccsc1[C@H](O)CNS(=O)(=O)Cc1ccc(C(F)(F)F)cc1. The molecule has 0 amide bonds. The van der Waals surface area contributed by atoms with Gasteiger partial charge in [-0.15, -0.1) is 11.3 Å². The van der Waals surface area contributed by atoms with Crippen molar-refractivity contribution in [3.8, 4) is 0 Å². The first-order chi connectivity index (χ1) is 11.1. The first-order valence-electron chi connectivity index (χ1n) is 6.94. The van der Waals surface area contributed by atoms with E-state index < -0.39 is 33.6 Å². The highest BCUT2D eigenvalue weighted by molar-refractivity contribution is 7.88. The molecule has 0 spiro atoms. The number of nitrogens with one attached hydrogen (secondary N) is 1. The second kappa shape index (κ2) is 7.22. The summed E-state index contributed by atoms with van der Waals surface area (Å²) in [5.41, 5.74) is 0.270. The third kappa shape index (κ3) is 5.04. The van der Waals surface area contributed by atoms with Crippen molar-refractivity contribution in [1.82, 2.24) is 4.72 Å². The average molecular weight is 379 g/mol. The largest absolute Gasteiger partial charge is 0.416 e. The number of aryl methyl sites for hydroxylation is 1. The van der Waals surface area contributed by atoms with Crippen LogP contribution in [0.25, 0.3) is 0 Å². The van der Waals surface area contributed by atoms with Crippen LogP contribution in [-0.2, 0) is 22.0 Å². The molecular formula is C15H16F3NO3S2. The van der Waals surface area contributed by atoms with Crippen molar-refractivity contribution in [3.63, 3.8) is 0 Å². The highest BCUT2D eigenvalue weighted by Crippen LogP contribution is 2.29. The smallest absolute Gasteiger partial charge is 0.386 e. The monoisotopic (exact) mass is 379 g/mol. The summed E-state index contributed by atoms with van der Waals surface area (Å²) in [7, 11) is -3.77. The number of alkyl halides is 3. The van der Waals surface area contributed by atoms with Crippen LogP contribution in [0.5, 0.6) is 0 Å². The molecule has 0 saturated heterocycles. The molecular weight excluding hydrogens is 363 g/mol. The van der Waals surface area contributed by atoms with Gasteiger partial charge in [-0.1, -0.05) is 12.1 Å². The van der Waals surface area contributed by atoms with E-state index in [9.17, 15) is 26.7 Å². The van der Waals surface area contributed by atoms with Gasteiger partial charge in [-0.3, -0.25) is 0 Å². The zero-order chi connectivity index (χ0) is 18.0. The molecule has 2 aromatic rings. The van der Waals surface area contributed by atoms with Crippen LogP contribution in [0, 0.1) is 6.92 Å². The van der Waals surface area contributed by atoms with Gasteiger partial charge in [0.1, 0.15) is 6.10 Å². The Labute approximate surface area is 142 Å². The molecule has 4 nitrogen and oxygen atoms in total. The Morgan fingerprint density at radius 1 is 1.21 bits per heavy atom. The second-order valence-corrected chi connectivity index (χ2v) is 8.04. The van der Waals surface area contributed by atoms with E-state index in [1.807, 2.05) is 13.0 Å². The van der Waals surface area contributed by atoms with Crippen molar-refractivity contribution in [2.24, 2.45) is 0 Å². The van der Waals surface area contributed by atoms with Crippen LogP contribution in [0.3, 0.4) is 0 Å². The molecule has 132 valence electrons. The van der Waals surface area contributed by atoms with Crippen molar-refractivity contribution >= 4 is 21.4 Å². The van der Waals surface area contributed by atoms with E-state index in [1.54, 1.807) is 5.38 Å². The van der Waals surface area contributed by atoms with Crippen molar-refractivity contribution in [2.45, 2.75) is 25.0 Å². The van der Waals surface area contributed by atoms with E-state index in [2.05, 4.69) is 4.72 Å². The molecule has 2 N–H and O–H groups in total. The third-order valence-electron chi connectivity index (χ3n) is 3.34. The van der Waals surface area contributed by atoms with Gasteiger partial charge in [0.2, 0.25) is 10.0 Å². The minimum absolute atomic E-state index is 0.190. The predicted octanol–water partition coefficient (Wildman–Crippen LogP) is 3.23. The van der Waals surface area contributed by atoms with Crippen molar-refractivity contribution in [1.29, 1.82) is 0 Å². The molecule has 1 aromatic carbocycles. The molecule has 0 aliphatic rings. The first-order valence-corrected chi connectivity index (χ1v) is 9.47. The summed E-state index contributed by atoms with van der Waals surface area (Å²) < 4.78 is 63.7. The zero-order valence-corrected chi connectivity index (χ0v) is 14.3. The summed E-state index contributed by atoms with van der Waals surface area (Å²) in [6, 6.07) is 5.76. The van der Waals surface area contributed by atoms with Gasteiger partial charge in [-0.05, 0) is 41.6 Å². The van der Waals surface area contributed by atoms with Gasteiger partial charge in [-0.2, -0.15) is 13.2 Å². The van der Waals surface area contributed by atoms with Crippen LogP contribution in [0.15, 0.2) is 35.7 Å². The van der Waals surface area contributed by atoms with Gasteiger partial charge in [0.15, 0.2) is 0 Å². The second-order valence-electron chi connectivity index (χ2n) is 5.29. The van der Waals surface area contributed by atoms with Crippen LogP contribution < -0.4 is 4.72 Å². The zero-order valence-electron chi connectivity index (χ0n) is 12.7. The molecule has 0 unspecified atom stereocenters. The average Bonchev–Trinajstić information content (AvgIpc) is 2.90. The van der Waals surface area contributed by atoms with E-state index >= 15 is 0 Å². The van der Waals surface area contributed by atoms with Crippen molar-refractivity contribution in [3.05, 3.63) is 57.3 Å². The highest BCUT2D eigenvalue weighted by atomic mass is 32.2. The van der Waals surface area contributed by atoms with Gasteiger partial charge in [-0.25, -0.2) is 13.1 Å². The Bertz CT molecular complexity index is 783. The Hall–Kier alpha value is -1.42. The van der Waals surface area contributed by atoms with Gasteiger partial charge >= 0.3 is 6.18 Å². The van der Waals surface area contributed by atoms with E-state index in [0.29, 0.717) is 4.88 Å². The molecule has 0 saturated carbocycles. The predicted molar refractivity (Wildman–Crippen MR) is 86.1 cm³/mol. The normalized spacial score (nSPS) is 13.9. The topological polar surface area (TPSA) is 66.4 Å². The number of halogens is 3. The summed E-state index contributed by atoms with van der Waals surface area (Å²) in [6.07, 6.45) is -5.43. The lowest BCUT2D eigenvalue weighted by Gasteiger charge is -2.12. The van der Waals surface area contributed by atoms with Gasteiger partial charge in [0, 0.05) is 11.4 Å². The van der Waals surface area contributed by atoms with E-state index in [4.69, 9.17) is 0 Å². The number of sulfonamides is 1. The molecule has 0 bridgehead atoms. The van der Waals surface area contributed by atoms with Crippen LogP contribution in [0.4, 0.5) is 13.2 Å². The van der Waals surface area contributed by atoms with E-state index in [1.165, 1.54) is 11.3 Å². The summed E-state index contributed by atoms with van der Waals surface area (Å²) in [5, 5.41) is 11.8. The summed E-state index contributed by atoms with van der Waals surface area (Å²) in [6.45, 7) is 1.62. The maximum atomic E-state index is 12.5. The number of hydrogen-bond acceptors (Lipinski definition) is 4. The maximum absolute atomic E-state index is 12.5. The van der Waals surface area contributed by atoms with Gasteiger partial charge < -0.3 is 5.11 Å². The lowest BCUT2D eigenvalue weighted by atomic mass is 10.1. The first kappa shape index (κ1) is 18.9. The molecule has 1 atom stereocenters. The van der Waals surface area contributed by atoms with Crippen LogP contribution in [-0.4, -0.2) is 20.1 Å². The Kier molecular flexibility index (Phi) is 5.69. The lowest BCUT2D eigenvalue weighted by Crippen LogP contribution is -2.29. The molecule has 24 heavy (non-hydrogen) atoms. The molecule has 9 heteroatoms. The fraction of sp³-hybridized carbons (Fsp3) is 0.333. The number of aliphatic hydroxyl groups excluding tert-OH is 1. The molecule has 2 rings (SSSR count). The lowest BCUT2D eigenvalue weighted by molar-refractivity contribution is -0.137. The number of aliphatic hydroxyl groups is 1. The van der Waals surface area contributed by atoms with E-state index in [0.717, 1.165) is 29.8 Å². The molecule has 0 aliphatic carbocycles. The molecule has 1 heterocycles. The number of rotatable bonds is 6. The third-order valence-corrected chi connectivity index (χ3v) is 5.78. The van der Waals surface area contributed by atoms with Crippen LogP contribution >= 0.6 is 11.3 Å². The minimum atomic E-state index is -4.46. The molecule has 0 fully saturated rings. The molecule has 0 radical (unpaired) electrons. The standard InChI is InChI=1S/C15H16F3NO3S2/c1-10-6-7-23-14(10)13(20)8-19-24(21,22)9-11-2-4-12(5-3-11)15(16,17)18/h2-7,13,19-20H,8-9H2,1H3/t13-/m1/s1. The van der Waals surface area contributed by atoms with Gasteiger partial charge in [0.25, 0.3) is 0 Å².